The van der Waals surface area contributed by atoms with Crippen molar-refractivity contribution in [3.05, 3.63) is 65.7 Å². The van der Waals surface area contributed by atoms with Crippen LogP contribution in [0.2, 0.25) is 0 Å². The zero-order valence-corrected chi connectivity index (χ0v) is 11.9. The zero-order valence-electron chi connectivity index (χ0n) is 11.9. The highest BCUT2D eigenvalue weighted by Gasteiger charge is 2.19. The number of carbonyl (C=O) groups excluding carboxylic acids is 1. The first-order valence-electron chi connectivity index (χ1n) is 6.72. The molecule has 1 atom stereocenters. The van der Waals surface area contributed by atoms with Gasteiger partial charge >= 0.3 is 0 Å². The molecule has 0 aliphatic rings. The molecule has 0 heterocycles. The Labute approximate surface area is 120 Å². The van der Waals surface area contributed by atoms with Crippen LogP contribution < -0.4 is 5.73 Å². The molecule has 0 aliphatic heterocycles. The maximum atomic E-state index is 12.4. The summed E-state index contributed by atoms with van der Waals surface area (Å²) in [5.41, 5.74) is 8.54. The van der Waals surface area contributed by atoms with Gasteiger partial charge < -0.3 is 10.6 Å². The molecule has 3 heteroatoms. The van der Waals surface area contributed by atoms with Gasteiger partial charge in [0.1, 0.15) is 0 Å². The minimum atomic E-state index is -0.188. The van der Waals surface area contributed by atoms with E-state index < -0.39 is 0 Å². The fourth-order valence-electron chi connectivity index (χ4n) is 2.24. The van der Waals surface area contributed by atoms with Gasteiger partial charge in [-0.3, -0.25) is 4.79 Å². The van der Waals surface area contributed by atoms with E-state index in [0.717, 1.165) is 11.1 Å². The Hall–Kier alpha value is -2.29. The Bertz CT molecular complexity index is 581. The molecule has 2 N–H and O–H groups in total. The van der Waals surface area contributed by atoms with Crippen molar-refractivity contribution in [3.8, 4) is 0 Å². The second kappa shape index (κ2) is 6.24. The minimum Gasteiger partial charge on any atom is -0.399 e. The van der Waals surface area contributed by atoms with Crippen molar-refractivity contribution in [2.24, 2.45) is 0 Å². The van der Waals surface area contributed by atoms with E-state index in [0.29, 0.717) is 12.2 Å². The molecule has 0 aromatic heterocycles. The van der Waals surface area contributed by atoms with Crippen molar-refractivity contribution in [1.82, 2.24) is 4.90 Å². The number of benzene rings is 2. The summed E-state index contributed by atoms with van der Waals surface area (Å²) in [6.07, 6.45) is 0. The van der Waals surface area contributed by atoms with Crippen LogP contribution in [0.25, 0.3) is 0 Å². The van der Waals surface area contributed by atoms with Gasteiger partial charge in [-0.25, -0.2) is 0 Å². The number of hydrogen-bond donors (Lipinski definition) is 1. The molecular weight excluding hydrogens is 248 g/mol. The number of likely N-dealkylation sites (N-methyl/N-ethyl adjacent to an activating group) is 1. The van der Waals surface area contributed by atoms with Gasteiger partial charge in [0.25, 0.3) is 0 Å². The predicted octanol–water partition coefficient (Wildman–Crippen LogP) is 3.03. The maximum Gasteiger partial charge on any atom is 0.229 e. The summed E-state index contributed by atoms with van der Waals surface area (Å²) in [6, 6.07) is 17.5. The summed E-state index contributed by atoms with van der Waals surface area (Å²) in [5, 5.41) is 0. The van der Waals surface area contributed by atoms with E-state index in [1.54, 1.807) is 4.90 Å². The van der Waals surface area contributed by atoms with Crippen LogP contribution in [0.15, 0.2) is 54.6 Å². The van der Waals surface area contributed by atoms with Gasteiger partial charge in [0.05, 0.1) is 5.92 Å². The summed E-state index contributed by atoms with van der Waals surface area (Å²) >= 11 is 0. The molecule has 20 heavy (non-hydrogen) atoms. The van der Waals surface area contributed by atoms with E-state index in [1.165, 1.54) is 0 Å². The first-order chi connectivity index (χ1) is 9.58. The molecule has 0 radical (unpaired) electrons. The zero-order chi connectivity index (χ0) is 14.5. The number of hydrogen-bond acceptors (Lipinski definition) is 2. The molecule has 0 fully saturated rings. The highest BCUT2D eigenvalue weighted by molar-refractivity contribution is 5.83. The van der Waals surface area contributed by atoms with Crippen LogP contribution in [0.4, 0.5) is 5.69 Å². The topological polar surface area (TPSA) is 46.3 Å². The van der Waals surface area contributed by atoms with Crippen molar-refractivity contribution in [1.29, 1.82) is 0 Å². The van der Waals surface area contributed by atoms with E-state index >= 15 is 0 Å². The van der Waals surface area contributed by atoms with Crippen LogP contribution in [0.5, 0.6) is 0 Å². The molecule has 3 nitrogen and oxygen atoms in total. The van der Waals surface area contributed by atoms with Crippen LogP contribution >= 0.6 is 0 Å². The Morgan fingerprint density at radius 3 is 2.50 bits per heavy atom. The predicted molar refractivity (Wildman–Crippen MR) is 82.2 cm³/mol. The fraction of sp³-hybridized carbons (Fsp3) is 0.235. The van der Waals surface area contributed by atoms with Crippen LogP contribution in [0.1, 0.15) is 24.0 Å². The highest BCUT2D eigenvalue weighted by atomic mass is 16.2. The molecule has 0 aliphatic carbocycles. The van der Waals surface area contributed by atoms with Crippen molar-refractivity contribution >= 4 is 11.6 Å². The second-order valence-electron chi connectivity index (χ2n) is 5.07. The lowest BCUT2D eigenvalue weighted by atomic mass is 9.99. The lowest BCUT2D eigenvalue weighted by molar-refractivity contribution is -0.131. The Morgan fingerprint density at radius 2 is 1.85 bits per heavy atom. The number of nitrogen functional groups attached to an aromatic ring is 1. The fourth-order valence-corrected chi connectivity index (χ4v) is 2.24. The van der Waals surface area contributed by atoms with Crippen molar-refractivity contribution in [3.63, 3.8) is 0 Å². The Balaban J connectivity index is 2.06. The van der Waals surface area contributed by atoms with Crippen LogP contribution in [0, 0.1) is 0 Å². The van der Waals surface area contributed by atoms with Gasteiger partial charge in [0, 0.05) is 19.3 Å². The average Bonchev–Trinajstić information content (AvgIpc) is 2.46. The number of carbonyl (C=O) groups is 1. The standard InChI is InChI=1S/C17H20N2O/c1-13(15-9-6-10-16(18)11-15)17(20)19(2)12-14-7-4-3-5-8-14/h3-11,13H,12,18H2,1-2H3. The van der Waals surface area contributed by atoms with E-state index in [9.17, 15) is 4.79 Å². The third-order valence-electron chi connectivity index (χ3n) is 3.42. The van der Waals surface area contributed by atoms with Gasteiger partial charge in [-0.2, -0.15) is 0 Å². The summed E-state index contributed by atoms with van der Waals surface area (Å²) in [7, 11) is 1.83. The van der Waals surface area contributed by atoms with Gasteiger partial charge in [0.15, 0.2) is 0 Å². The van der Waals surface area contributed by atoms with Crippen molar-refractivity contribution in [2.75, 3.05) is 12.8 Å². The molecule has 2 rings (SSSR count). The third-order valence-corrected chi connectivity index (χ3v) is 3.42. The first kappa shape index (κ1) is 14.1. The van der Waals surface area contributed by atoms with Crippen LogP contribution in [0.3, 0.4) is 0 Å². The molecule has 0 bridgehead atoms. The van der Waals surface area contributed by atoms with E-state index in [2.05, 4.69) is 0 Å². The van der Waals surface area contributed by atoms with E-state index in [1.807, 2.05) is 68.6 Å². The van der Waals surface area contributed by atoms with Gasteiger partial charge in [-0.15, -0.1) is 0 Å². The molecule has 2 aromatic carbocycles. The van der Waals surface area contributed by atoms with Crippen LogP contribution in [-0.4, -0.2) is 17.9 Å². The SMILES string of the molecule is CC(C(=O)N(C)Cc1ccccc1)c1cccc(N)c1. The molecule has 0 spiro atoms. The lowest BCUT2D eigenvalue weighted by Crippen LogP contribution is -2.30. The maximum absolute atomic E-state index is 12.4. The Kier molecular flexibility index (Phi) is 4.41. The summed E-state index contributed by atoms with van der Waals surface area (Å²) in [4.78, 5) is 14.2. The summed E-state index contributed by atoms with van der Waals surface area (Å²) in [6.45, 7) is 2.53. The monoisotopic (exact) mass is 268 g/mol. The number of nitrogens with two attached hydrogens (primary N) is 1. The quantitative estimate of drug-likeness (QED) is 0.866. The first-order valence-corrected chi connectivity index (χ1v) is 6.72. The van der Waals surface area contributed by atoms with Crippen molar-refractivity contribution in [2.45, 2.75) is 19.4 Å². The van der Waals surface area contributed by atoms with Gasteiger partial charge in [0.2, 0.25) is 5.91 Å². The molecule has 104 valence electrons. The molecule has 0 saturated carbocycles. The number of anilines is 1. The molecule has 0 saturated heterocycles. The average molecular weight is 268 g/mol. The number of rotatable bonds is 4. The summed E-state index contributed by atoms with van der Waals surface area (Å²) < 4.78 is 0. The largest absolute Gasteiger partial charge is 0.399 e. The van der Waals surface area contributed by atoms with Crippen molar-refractivity contribution < 1.29 is 4.79 Å². The molecule has 2 aromatic rings. The number of amides is 1. The van der Waals surface area contributed by atoms with Gasteiger partial charge in [-0.05, 0) is 30.2 Å². The van der Waals surface area contributed by atoms with Crippen LogP contribution in [-0.2, 0) is 11.3 Å². The highest BCUT2D eigenvalue weighted by Crippen LogP contribution is 2.20. The molecule has 1 unspecified atom stereocenters. The second-order valence-corrected chi connectivity index (χ2v) is 5.07. The normalized spacial score (nSPS) is 11.9. The third kappa shape index (κ3) is 3.38. The minimum absolute atomic E-state index is 0.0967. The van der Waals surface area contributed by atoms with E-state index in [4.69, 9.17) is 5.73 Å². The molecular formula is C17H20N2O. The Morgan fingerprint density at radius 1 is 1.15 bits per heavy atom. The smallest absolute Gasteiger partial charge is 0.229 e. The summed E-state index contributed by atoms with van der Waals surface area (Å²) in [5.74, 6) is -0.0911. The van der Waals surface area contributed by atoms with E-state index in [-0.39, 0.29) is 11.8 Å². The number of nitrogens with zero attached hydrogens (tertiary/aromatic N) is 1. The lowest BCUT2D eigenvalue weighted by Gasteiger charge is -2.22. The van der Waals surface area contributed by atoms with Gasteiger partial charge in [-0.1, -0.05) is 42.5 Å². The molecule has 1 amide bonds.